The third kappa shape index (κ3) is 8.03. The number of fused-ring (bicyclic) bond motifs is 1. The molecular weight excluding hydrogens is 615 g/mol. The molecule has 1 fully saturated rings. The number of nitrogen functional groups attached to an aromatic ring is 1. The summed E-state index contributed by atoms with van der Waals surface area (Å²) < 4.78 is 44.5. The molecule has 3 N–H and O–H groups in total. The Kier molecular flexibility index (Phi) is 11.1. The monoisotopic (exact) mass is 656 g/mol. The zero-order valence-corrected chi connectivity index (χ0v) is 27.6. The molecular formula is C31H41N6O8P. The van der Waals surface area contributed by atoms with Crippen molar-refractivity contribution in [2.45, 2.75) is 84.2 Å². The molecule has 4 rings (SSSR count). The van der Waals surface area contributed by atoms with Gasteiger partial charge in [-0.2, -0.15) is 15.4 Å². The number of esters is 2. The van der Waals surface area contributed by atoms with Crippen molar-refractivity contribution in [3.8, 4) is 11.8 Å². The van der Waals surface area contributed by atoms with Crippen molar-refractivity contribution < 1.29 is 37.4 Å². The number of anilines is 1. The van der Waals surface area contributed by atoms with Crippen LogP contribution in [0.1, 0.15) is 66.0 Å². The number of hydrogen-bond acceptors (Lipinski definition) is 12. The van der Waals surface area contributed by atoms with Crippen LogP contribution in [0.15, 0.2) is 48.8 Å². The van der Waals surface area contributed by atoms with E-state index in [1.54, 1.807) is 49.4 Å². The van der Waals surface area contributed by atoms with E-state index in [1.807, 2.05) is 0 Å². The van der Waals surface area contributed by atoms with Crippen molar-refractivity contribution in [3.63, 3.8) is 0 Å². The summed E-state index contributed by atoms with van der Waals surface area (Å²) in [5.74, 6) is -0.754. The minimum Gasteiger partial charge on any atom is -0.465 e. The first-order chi connectivity index (χ1) is 21.8. The van der Waals surface area contributed by atoms with Crippen LogP contribution in [0, 0.1) is 16.7 Å². The second-order valence-corrected chi connectivity index (χ2v) is 13.5. The Morgan fingerprint density at radius 2 is 2.00 bits per heavy atom. The molecule has 0 amide bonds. The highest BCUT2D eigenvalue weighted by molar-refractivity contribution is 7.52. The third-order valence-electron chi connectivity index (χ3n) is 7.96. The third-order valence-corrected chi connectivity index (χ3v) is 9.60. The van der Waals surface area contributed by atoms with Crippen LogP contribution in [0.2, 0.25) is 0 Å². The lowest BCUT2D eigenvalue weighted by Gasteiger charge is -2.27. The fourth-order valence-corrected chi connectivity index (χ4v) is 6.31. The van der Waals surface area contributed by atoms with Gasteiger partial charge in [0.15, 0.2) is 11.9 Å². The van der Waals surface area contributed by atoms with Crippen LogP contribution in [0.3, 0.4) is 0 Å². The minimum absolute atomic E-state index is 0.00172. The van der Waals surface area contributed by atoms with Gasteiger partial charge >= 0.3 is 19.7 Å². The molecule has 3 heterocycles. The van der Waals surface area contributed by atoms with E-state index in [0.717, 1.165) is 6.42 Å². The van der Waals surface area contributed by atoms with Gasteiger partial charge in [0, 0.05) is 12.8 Å². The molecule has 0 bridgehead atoms. The molecule has 46 heavy (non-hydrogen) atoms. The van der Waals surface area contributed by atoms with Crippen molar-refractivity contribution in [2.75, 3.05) is 18.9 Å². The van der Waals surface area contributed by atoms with Crippen LogP contribution in [0.5, 0.6) is 5.75 Å². The number of nitrogens with one attached hydrogen (secondary N) is 1. The summed E-state index contributed by atoms with van der Waals surface area (Å²) in [5, 5.41) is 17.4. The first-order valence-corrected chi connectivity index (χ1v) is 16.7. The Labute approximate surface area is 268 Å². The van der Waals surface area contributed by atoms with Crippen LogP contribution < -0.4 is 15.3 Å². The van der Waals surface area contributed by atoms with Gasteiger partial charge in [0.2, 0.25) is 5.60 Å². The molecule has 1 aromatic carbocycles. The Bertz CT molecular complexity index is 1610. The molecule has 1 aliphatic rings. The van der Waals surface area contributed by atoms with E-state index in [4.69, 9.17) is 29.0 Å². The minimum atomic E-state index is -4.25. The number of para-hydroxylation sites is 1. The highest BCUT2D eigenvalue weighted by Gasteiger charge is 2.55. The maximum atomic E-state index is 14.1. The van der Waals surface area contributed by atoms with Crippen LogP contribution >= 0.6 is 7.75 Å². The fourth-order valence-electron chi connectivity index (χ4n) is 4.79. The molecule has 1 saturated heterocycles. The first kappa shape index (κ1) is 34.8. The van der Waals surface area contributed by atoms with E-state index < -0.39 is 43.5 Å². The number of rotatable bonds is 15. The van der Waals surface area contributed by atoms with E-state index in [-0.39, 0.29) is 48.7 Å². The fraction of sp³-hybridized carbons (Fsp3) is 0.516. The lowest BCUT2D eigenvalue weighted by atomic mass is 9.87. The molecule has 14 nitrogen and oxygen atoms in total. The summed E-state index contributed by atoms with van der Waals surface area (Å²) in [6, 6.07) is 12.7. The summed E-state index contributed by atoms with van der Waals surface area (Å²) in [6.45, 7) is 9.21. The standard InChI is InChI=1S/C31H41N6O8P/c1-6-27(38)43-26-17-23(44-31(26,19-32)25-14-13-24-28(33)34-20-35-37(24)25)18-42-46(40,45-22-11-9-8-10-12-22)36-21(3)29(39)41-16-15-30(4,5)7-2/h8-14,20-21,23,26H,6-7,15-18H2,1-5H3,(H,36,40)(H2,33,34,35)/t21-,23-,26+,31-,46?/m0/s1. The Balaban J connectivity index is 1.55. The number of aromatic nitrogens is 3. The number of nitriles is 1. The van der Waals surface area contributed by atoms with Gasteiger partial charge in [-0.05, 0) is 43.0 Å². The van der Waals surface area contributed by atoms with Crippen molar-refractivity contribution >= 4 is 31.0 Å². The topological polar surface area (TPSA) is 189 Å². The van der Waals surface area contributed by atoms with Gasteiger partial charge in [-0.15, -0.1) is 0 Å². The second-order valence-electron chi connectivity index (χ2n) is 11.8. The summed E-state index contributed by atoms with van der Waals surface area (Å²) in [4.78, 5) is 29.2. The lowest BCUT2D eigenvalue weighted by Crippen LogP contribution is -2.39. The van der Waals surface area contributed by atoms with Crippen LogP contribution in [0.4, 0.5) is 5.82 Å². The number of ether oxygens (including phenoxy) is 3. The maximum Gasteiger partial charge on any atom is 0.459 e. The van der Waals surface area contributed by atoms with Gasteiger partial charge in [0.1, 0.15) is 29.7 Å². The average Bonchev–Trinajstić information content (AvgIpc) is 3.63. The molecule has 5 atom stereocenters. The molecule has 15 heteroatoms. The molecule has 3 aromatic rings. The quantitative estimate of drug-likeness (QED) is 0.169. The molecule has 248 valence electrons. The SMILES string of the molecule is CCC(=O)O[C@@H]1C[C@@H](COP(=O)(N[C@@H](C)C(=O)OCCC(C)(C)CC)Oc2ccccc2)O[C@@]1(C#N)c1ccc2c(N)ncnn12. The second kappa shape index (κ2) is 14.6. The first-order valence-electron chi connectivity index (χ1n) is 15.2. The normalized spacial score (nSPS) is 21.7. The maximum absolute atomic E-state index is 14.1. The number of carbonyl (C=O) groups is 2. The predicted molar refractivity (Wildman–Crippen MR) is 167 cm³/mol. The smallest absolute Gasteiger partial charge is 0.459 e. The molecule has 1 aliphatic heterocycles. The van der Waals surface area contributed by atoms with E-state index in [9.17, 15) is 19.4 Å². The summed E-state index contributed by atoms with van der Waals surface area (Å²) in [6.07, 6.45) is 0.933. The van der Waals surface area contributed by atoms with E-state index in [1.165, 1.54) is 17.8 Å². The molecule has 1 unspecified atom stereocenters. The van der Waals surface area contributed by atoms with Crippen molar-refractivity contribution in [1.82, 2.24) is 19.7 Å². The van der Waals surface area contributed by atoms with Crippen molar-refractivity contribution in [2.24, 2.45) is 5.41 Å². The summed E-state index contributed by atoms with van der Waals surface area (Å²) in [7, 11) is -4.25. The highest BCUT2D eigenvalue weighted by atomic mass is 31.2. The number of carbonyl (C=O) groups excluding carboxylic acids is 2. The van der Waals surface area contributed by atoms with Gasteiger partial charge in [0.05, 0.1) is 25.0 Å². The van der Waals surface area contributed by atoms with E-state index in [2.05, 4.69) is 42.0 Å². The van der Waals surface area contributed by atoms with Gasteiger partial charge in [-0.25, -0.2) is 14.1 Å². The molecule has 2 aromatic heterocycles. The van der Waals surface area contributed by atoms with Crippen molar-refractivity contribution in [1.29, 1.82) is 5.26 Å². The highest BCUT2D eigenvalue weighted by Crippen LogP contribution is 2.48. The van der Waals surface area contributed by atoms with Gasteiger partial charge < -0.3 is 24.5 Å². The van der Waals surface area contributed by atoms with Crippen LogP contribution in [0.25, 0.3) is 5.52 Å². The summed E-state index contributed by atoms with van der Waals surface area (Å²) in [5.41, 5.74) is 4.89. The van der Waals surface area contributed by atoms with Crippen molar-refractivity contribution in [3.05, 3.63) is 54.5 Å². The Morgan fingerprint density at radius 3 is 2.67 bits per heavy atom. The number of benzene rings is 1. The van der Waals surface area contributed by atoms with Gasteiger partial charge in [-0.1, -0.05) is 52.3 Å². The van der Waals surface area contributed by atoms with Gasteiger partial charge in [0.25, 0.3) is 0 Å². The molecule has 0 saturated carbocycles. The summed E-state index contributed by atoms with van der Waals surface area (Å²) >= 11 is 0. The van der Waals surface area contributed by atoms with Crippen LogP contribution in [-0.4, -0.2) is 58.0 Å². The largest absolute Gasteiger partial charge is 0.465 e. The molecule has 0 spiro atoms. The zero-order valence-electron chi connectivity index (χ0n) is 26.7. The average molecular weight is 657 g/mol. The predicted octanol–water partition coefficient (Wildman–Crippen LogP) is 4.69. The number of hydrogen-bond donors (Lipinski definition) is 2. The Hall–Kier alpha value is -4.02. The molecule has 0 aliphatic carbocycles. The molecule has 0 radical (unpaired) electrons. The number of nitrogens with two attached hydrogens (primary N) is 1. The van der Waals surface area contributed by atoms with Crippen LogP contribution in [-0.2, 0) is 38.5 Å². The lowest BCUT2D eigenvalue weighted by molar-refractivity contribution is -0.156. The zero-order chi connectivity index (χ0) is 33.5. The Morgan fingerprint density at radius 1 is 1.26 bits per heavy atom. The number of nitrogens with zero attached hydrogens (tertiary/aromatic N) is 4. The van der Waals surface area contributed by atoms with E-state index >= 15 is 0 Å². The van der Waals surface area contributed by atoms with E-state index in [0.29, 0.717) is 11.9 Å². The van der Waals surface area contributed by atoms with Gasteiger partial charge in [-0.3, -0.25) is 14.1 Å².